The molecule has 1 atom stereocenters. The Morgan fingerprint density at radius 1 is 1.25 bits per heavy atom. The van der Waals surface area contributed by atoms with Crippen LogP contribution in [-0.4, -0.2) is 61.3 Å². The van der Waals surface area contributed by atoms with Crippen molar-refractivity contribution in [3.8, 4) is 0 Å². The number of fused-ring (bicyclic) bond motifs is 2. The zero-order chi connectivity index (χ0) is 21.6. The van der Waals surface area contributed by atoms with Crippen molar-refractivity contribution in [1.29, 1.82) is 0 Å². The maximum absolute atomic E-state index is 12.4. The largest absolute Gasteiger partial charge is 0.377 e. The quantitative estimate of drug-likeness (QED) is 0.212. The molecular weight excluding hydrogens is 525 g/mol. The van der Waals surface area contributed by atoms with Crippen LogP contribution in [0.1, 0.15) is 50.1 Å². The lowest BCUT2D eigenvalue weighted by atomic mass is 10.1. The van der Waals surface area contributed by atoms with Crippen molar-refractivity contribution >= 4 is 29.9 Å². The van der Waals surface area contributed by atoms with E-state index in [2.05, 4.69) is 32.7 Å². The zero-order valence-corrected chi connectivity index (χ0v) is 21.2. The molecule has 0 saturated heterocycles. The number of ether oxygens (including phenoxy) is 1. The van der Waals surface area contributed by atoms with Gasteiger partial charge in [0.15, 0.2) is 11.8 Å². The smallest absolute Gasteiger partial charge is 0.345 e. The first kappa shape index (κ1) is 24.7. The molecule has 0 bridgehead atoms. The third-order valence-corrected chi connectivity index (χ3v) is 5.69. The van der Waals surface area contributed by atoms with Crippen LogP contribution in [0.2, 0.25) is 0 Å². The Morgan fingerprint density at radius 3 is 2.91 bits per heavy atom. The van der Waals surface area contributed by atoms with Crippen LogP contribution in [0, 0.1) is 0 Å². The van der Waals surface area contributed by atoms with E-state index < -0.39 is 0 Å². The van der Waals surface area contributed by atoms with Crippen LogP contribution in [0.3, 0.4) is 0 Å². The number of nitrogens with one attached hydrogen (secondary N) is 2. The van der Waals surface area contributed by atoms with E-state index in [9.17, 15) is 4.79 Å². The van der Waals surface area contributed by atoms with Gasteiger partial charge in [0.2, 0.25) is 0 Å². The molecule has 11 nitrogen and oxygen atoms in total. The Hall–Kier alpha value is -1.96. The highest BCUT2D eigenvalue weighted by Crippen LogP contribution is 2.13. The molecule has 0 saturated carbocycles. The van der Waals surface area contributed by atoms with E-state index in [0.29, 0.717) is 19.7 Å². The van der Waals surface area contributed by atoms with E-state index in [1.54, 1.807) is 11.8 Å². The van der Waals surface area contributed by atoms with Crippen molar-refractivity contribution in [3.63, 3.8) is 0 Å². The standard InChI is InChI=1S/C20H33N9O2.HI/c1-3-21-19(23-15-8-9-17-24-16(14-31-2)25-29(17)13-15)22-10-6-12-28-20(30)27-11-5-4-7-18(27)26-28;/h15H,3-14H2,1-2H3,(H2,21,22,23);1H. The van der Waals surface area contributed by atoms with Crippen molar-refractivity contribution in [2.75, 3.05) is 20.2 Å². The van der Waals surface area contributed by atoms with Crippen molar-refractivity contribution in [1.82, 2.24) is 39.7 Å². The number of nitrogens with zero attached hydrogens (tertiary/aromatic N) is 7. The highest BCUT2D eigenvalue weighted by molar-refractivity contribution is 14.0. The van der Waals surface area contributed by atoms with E-state index in [1.165, 1.54) is 0 Å². The monoisotopic (exact) mass is 559 g/mol. The van der Waals surface area contributed by atoms with E-state index in [1.807, 2.05) is 9.25 Å². The molecule has 0 spiro atoms. The fourth-order valence-electron chi connectivity index (χ4n) is 4.19. The number of aliphatic imine (C=N–C) groups is 1. The molecule has 4 heterocycles. The Labute approximate surface area is 205 Å². The summed E-state index contributed by atoms with van der Waals surface area (Å²) >= 11 is 0. The van der Waals surface area contributed by atoms with Gasteiger partial charge in [0, 0.05) is 52.2 Å². The fourth-order valence-corrected chi connectivity index (χ4v) is 4.19. The van der Waals surface area contributed by atoms with E-state index in [0.717, 1.165) is 81.6 Å². The van der Waals surface area contributed by atoms with Gasteiger partial charge in [0.25, 0.3) is 0 Å². The Morgan fingerprint density at radius 2 is 2.12 bits per heavy atom. The SMILES string of the molecule is CCNC(=NCCCn1nc2n(c1=O)CCCC2)NC1CCc2nc(COC)nn2C1.I. The third-order valence-electron chi connectivity index (χ3n) is 5.69. The minimum absolute atomic E-state index is 0. The van der Waals surface area contributed by atoms with Gasteiger partial charge in [-0.2, -0.15) is 10.2 Å². The third kappa shape index (κ3) is 5.88. The highest BCUT2D eigenvalue weighted by Gasteiger charge is 2.22. The van der Waals surface area contributed by atoms with E-state index in [-0.39, 0.29) is 35.7 Å². The van der Waals surface area contributed by atoms with Gasteiger partial charge < -0.3 is 15.4 Å². The molecule has 0 aromatic carbocycles. The fraction of sp³-hybridized carbons (Fsp3) is 0.750. The molecule has 0 radical (unpaired) electrons. The Kier molecular flexibility index (Phi) is 9.08. The van der Waals surface area contributed by atoms with Gasteiger partial charge >= 0.3 is 5.69 Å². The second kappa shape index (κ2) is 11.8. The van der Waals surface area contributed by atoms with Gasteiger partial charge in [0.1, 0.15) is 18.3 Å². The minimum Gasteiger partial charge on any atom is -0.377 e. The molecule has 0 amide bonds. The summed E-state index contributed by atoms with van der Waals surface area (Å²) in [5.74, 6) is 3.47. The second-order valence-corrected chi connectivity index (χ2v) is 8.08. The van der Waals surface area contributed by atoms with Gasteiger partial charge in [-0.1, -0.05) is 0 Å². The molecule has 0 fully saturated rings. The summed E-state index contributed by atoms with van der Waals surface area (Å²) in [5.41, 5.74) is 0.0161. The topological polar surface area (TPSA) is 116 Å². The molecular formula is C20H34IN9O2. The van der Waals surface area contributed by atoms with Crippen molar-refractivity contribution in [3.05, 3.63) is 28.0 Å². The first-order valence-electron chi connectivity index (χ1n) is 11.3. The van der Waals surface area contributed by atoms with Crippen molar-refractivity contribution in [2.24, 2.45) is 4.99 Å². The molecule has 12 heteroatoms. The first-order chi connectivity index (χ1) is 15.2. The van der Waals surface area contributed by atoms with Crippen LogP contribution in [0.5, 0.6) is 0 Å². The number of guanidine groups is 1. The normalized spacial score (nSPS) is 17.9. The predicted molar refractivity (Wildman–Crippen MR) is 131 cm³/mol. The van der Waals surface area contributed by atoms with Gasteiger partial charge in [-0.05, 0) is 32.6 Å². The molecule has 0 aliphatic carbocycles. The maximum atomic E-state index is 12.4. The highest BCUT2D eigenvalue weighted by atomic mass is 127. The molecule has 32 heavy (non-hydrogen) atoms. The summed E-state index contributed by atoms with van der Waals surface area (Å²) in [6.45, 7) is 6.05. The van der Waals surface area contributed by atoms with Gasteiger partial charge in [-0.3, -0.25) is 9.56 Å². The van der Waals surface area contributed by atoms with Gasteiger partial charge in [-0.25, -0.2) is 19.1 Å². The van der Waals surface area contributed by atoms with E-state index in [4.69, 9.17) is 9.73 Å². The lowest BCUT2D eigenvalue weighted by Crippen LogP contribution is -2.47. The molecule has 178 valence electrons. The lowest BCUT2D eigenvalue weighted by molar-refractivity contribution is 0.177. The van der Waals surface area contributed by atoms with Crippen LogP contribution in [0.25, 0.3) is 0 Å². The molecule has 2 aromatic heterocycles. The van der Waals surface area contributed by atoms with Crippen LogP contribution in [0.4, 0.5) is 0 Å². The molecule has 2 aromatic rings. The predicted octanol–water partition coefficient (Wildman–Crippen LogP) is 0.697. The summed E-state index contributed by atoms with van der Waals surface area (Å²) in [4.78, 5) is 21.7. The Balaban J connectivity index is 0.00000289. The number of methoxy groups -OCH3 is 1. The molecule has 2 aliphatic heterocycles. The van der Waals surface area contributed by atoms with Crippen molar-refractivity contribution < 1.29 is 4.74 Å². The summed E-state index contributed by atoms with van der Waals surface area (Å²) in [6, 6.07) is 0.241. The summed E-state index contributed by atoms with van der Waals surface area (Å²) < 4.78 is 10.5. The summed E-state index contributed by atoms with van der Waals surface area (Å²) in [6.07, 6.45) is 5.70. The molecule has 2 aliphatic rings. The minimum atomic E-state index is 0. The van der Waals surface area contributed by atoms with Crippen LogP contribution in [0.15, 0.2) is 9.79 Å². The Bertz CT molecular complexity index is 965. The number of rotatable bonds is 8. The average Bonchev–Trinajstić information content (AvgIpc) is 3.31. The summed E-state index contributed by atoms with van der Waals surface area (Å²) in [5, 5.41) is 15.9. The molecule has 2 N–H and O–H groups in total. The van der Waals surface area contributed by atoms with Gasteiger partial charge in [-0.15, -0.1) is 24.0 Å². The van der Waals surface area contributed by atoms with Crippen LogP contribution >= 0.6 is 24.0 Å². The van der Waals surface area contributed by atoms with Gasteiger partial charge in [0.05, 0.1) is 6.54 Å². The maximum Gasteiger partial charge on any atom is 0.345 e. The zero-order valence-electron chi connectivity index (χ0n) is 18.9. The number of aryl methyl sites for hydroxylation is 3. The number of hydrogen-bond donors (Lipinski definition) is 2. The van der Waals surface area contributed by atoms with Crippen molar-refractivity contribution in [2.45, 2.75) is 77.7 Å². The number of hydrogen-bond acceptors (Lipinski definition) is 6. The molecule has 1 unspecified atom stereocenters. The average molecular weight is 559 g/mol. The molecule has 4 rings (SSSR count). The number of halogens is 1. The van der Waals surface area contributed by atoms with Crippen LogP contribution in [-0.2, 0) is 43.8 Å². The number of aromatic nitrogens is 6. The summed E-state index contributed by atoms with van der Waals surface area (Å²) in [7, 11) is 1.65. The van der Waals surface area contributed by atoms with E-state index >= 15 is 0 Å². The lowest BCUT2D eigenvalue weighted by Gasteiger charge is -2.25. The van der Waals surface area contributed by atoms with Crippen LogP contribution < -0.4 is 16.3 Å². The first-order valence-corrected chi connectivity index (χ1v) is 11.3. The second-order valence-electron chi connectivity index (χ2n) is 8.08.